The molecule has 6 rings (SSSR count). The van der Waals surface area contributed by atoms with E-state index < -0.39 is 11.7 Å². The molecule has 210 valence electrons. The van der Waals surface area contributed by atoms with Crippen LogP contribution in [0.1, 0.15) is 43.5 Å². The lowest BCUT2D eigenvalue weighted by Gasteiger charge is -2.38. The fraction of sp³-hybridized carbons (Fsp3) is 0.448. The number of fused-ring (bicyclic) bond motifs is 2. The molecule has 2 aromatic heterocycles. The Morgan fingerprint density at radius 3 is 2.80 bits per heavy atom. The van der Waals surface area contributed by atoms with E-state index in [-0.39, 0.29) is 17.6 Å². The van der Waals surface area contributed by atoms with Gasteiger partial charge in [0.05, 0.1) is 17.2 Å². The number of carbonyl (C=O) groups is 1. The summed E-state index contributed by atoms with van der Waals surface area (Å²) in [5.41, 5.74) is 2.38. The first-order valence-corrected chi connectivity index (χ1v) is 13.8. The Hall–Kier alpha value is -3.83. The third-order valence-corrected chi connectivity index (χ3v) is 7.46. The van der Waals surface area contributed by atoms with E-state index in [4.69, 9.17) is 14.5 Å². The van der Waals surface area contributed by atoms with Crippen LogP contribution >= 0.6 is 0 Å². The van der Waals surface area contributed by atoms with Gasteiger partial charge in [-0.3, -0.25) is 9.48 Å². The molecule has 0 radical (unpaired) electrons. The van der Waals surface area contributed by atoms with Gasteiger partial charge in [0.15, 0.2) is 5.82 Å². The number of rotatable bonds is 6. The molecule has 2 aromatic carbocycles. The minimum absolute atomic E-state index is 0.00302. The van der Waals surface area contributed by atoms with Gasteiger partial charge in [-0.15, -0.1) is 0 Å². The van der Waals surface area contributed by atoms with Crippen LogP contribution in [0.3, 0.4) is 0 Å². The summed E-state index contributed by atoms with van der Waals surface area (Å²) in [7, 11) is 1.73. The maximum atomic E-state index is 14.7. The molecule has 0 aliphatic carbocycles. The molecule has 2 N–H and O–H groups in total. The van der Waals surface area contributed by atoms with E-state index in [1.54, 1.807) is 36.3 Å². The highest BCUT2D eigenvalue weighted by molar-refractivity contribution is 6.14. The van der Waals surface area contributed by atoms with Crippen molar-refractivity contribution in [2.45, 2.75) is 51.3 Å². The second-order valence-corrected chi connectivity index (χ2v) is 10.9. The van der Waals surface area contributed by atoms with Gasteiger partial charge >= 0.3 is 6.01 Å². The van der Waals surface area contributed by atoms with Gasteiger partial charge in [0.1, 0.15) is 12.1 Å². The maximum Gasteiger partial charge on any atom is 0.317 e. The van der Waals surface area contributed by atoms with Crippen molar-refractivity contribution in [1.82, 2.24) is 25.1 Å². The number of halogens is 1. The number of nitrogens with one attached hydrogen (secondary N) is 2. The van der Waals surface area contributed by atoms with Gasteiger partial charge in [-0.1, -0.05) is 0 Å². The minimum Gasteiger partial charge on any atom is -0.461 e. The molecule has 2 aliphatic rings. The number of nitrogens with zero attached hydrogens (tertiary/aromatic N) is 5. The van der Waals surface area contributed by atoms with Crippen LogP contribution in [0.4, 0.5) is 15.8 Å². The van der Waals surface area contributed by atoms with Crippen LogP contribution in [-0.2, 0) is 11.8 Å². The van der Waals surface area contributed by atoms with E-state index in [0.717, 1.165) is 50.0 Å². The van der Waals surface area contributed by atoms with Crippen LogP contribution in [0.5, 0.6) is 6.01 Å². The number of hydrogen-bond donors (Lipinski definition) is 2. The Morgan fingerprint density at radius 1 is 1.20 bits per heavy atom. The zero-order valence-corrected chi connectivity index (χ0v) is 23.0. The summed E-state index contributed by atoms with van der Waals surface area (Å²) in [5, 5.41) is 11.9. The van der Waals surface area contributed by atoms with E-state index in [1.165, 1.54) is 6.07 Å². The second kappa shape index (κ2) is 11.0. The van der Waals surface area contributed by atoms with Crippen molar-refractivity contribution < 1.29 is 18.7 Å². The lowest BCUT2D eigenvalue weighted by molar-refractivity contribution is -0.0128. The third-order valence-electron chi connectivity index (χ3n) is 7.46. The molecule has 0 bridgehead atoms. The van der Waals surface area contributed by atoms with Crippen LogP contribution in [0.15, 0.2) is 36.7 Å². The van der Waals surface area contributed by atoms with Gasteiger partial charge in [0.2, 0.25) is 0 Å². The Labute approximate surface area is 231 Å². The number of benzene rings is 2. The maximum absolute atomic E-state index is 14.7. The first-order valence-electron chi connectivity index (χ1n) is 13.8. The number of carbonyl (C=O) groups excluding carboxylic acids is 1. The SMILES string of the molecule is C[C@@H]1CN(c2ccc(C(=O)Nc3cc(F)c4nn(C)cc4c3)c3nc(OCC4CCCCO4)ncc23)C[C@H](C)N1. The number of ether oxygens (including phenoxy) is 2. The Bertz CT molecular complexity index is 1540. The summed E-state index contributed by atoms with van der Waals surface area (Å²) < 4.78 is 27.9. The first kappa shape index (κ1) is 26.4. The molecule has 40 heavy (non-hydrogen) atoms. The zero-order chi connectivity index (χ0) is 27.8. The van der Waals surface area contributed by atoms with Crippen molar-refractivity contribution >= 4 is 39.1 Å². The van der Waals surface area contributed by atoms with E-state index in [2.05, 4.69) is 39.5 Å². The summed E-state index contributed by atoms with van der Waals surface area (Å²) in [6.07, 6.45) is 6.54. The van der Waals surface area contributed by atoms with E-state index in [9.17, 15) is 9.18 Å². The van der Waals surface area contributed by atoms with Gasteiger partial charge in [-0.2, -0.15) is 10.1 Å². The highest BCUT2D eigenvalue weighted by atomic mass is 19.1. The zero-order valence-electron chi connectivity index (χ0n) is 23.0. The smallest absolute Gasteiger partial charge is 0.317 e. The fourth-order valence-electron chi connectivity index (χ4n) is 5.73. The summed E-state index contributed by atoms with van der Waals surface area (Å²) >= 11 is 0. The normalized spacial score (nSPS) is 21.6. The second-order valence-electron chi connectivity index (χ2n) is 10.9. The number of amides is 1. The van der Waals surface area contributed by atoms with Crippen LogP contribution in [0, 0.1) is 5.82 Å². The van der Waals surface area contributed by atoms with Gasteiger partial charge < -0.3 is 25.0 Å². The number of anilines is 2. The Morgan fingerprint density at radius 2 is 2.02 bits per heavy atom. The molecule has 0 spiro atoms. The summed E-state index contributed by atoms with van der Waals surface area (Å²) in [5.74, 6) is -0.903. The van der Waals surface area contributed by atoms with Crippen molar-refractivity contribution in [1.29, 1.82) is 0 Å². The monoisotopic (exact) mass is 547 g/mol. The van der Waals surface area contributed by atoms with Gasteiger partial charge in [-0.25, -0.2) is 9.37 Å². The van der Waals surface area contributed by atoms with Crippen LogP contribution in [-0.4, -0.2) is 70.1 Å². The molecule has 2 saturated heterocycles. The molecule has 11 heteroatoms. The van der Waals surface area contributed by atoms with Gasteiger partial charge in [0, 0.05) is 73.4 Å². The molecule has 0 saturated carbocycles. The lowest BCUT2D eigenvalue weighted by Crippen LogP contribution is -2.54. The molecule has 3 atom stereocenters. The van der Waals surface area contributed by atoms with Gasteiger partial charge in [0.25, 0.3) is 5.91 Å². The molecule has 1 unspecified atom stereocenters. The van der Waals surface area contributed by atoms with Crippen LogP contribution in [0.25, 0.3) is 21.8 Å². The number of aryl methyl sites for hydroxylation is 1. The predicted molar refractivity (Wildman–Crippen MR) is 152 cm³/mol. The average Bonchev–Trinajstić information content (AvgIpc) is 3.32. The van der Waals surface area contributed by atoms with E-state index in [0.29, 0.717) is 40.8 Å². The molecule has 2 fully saturated rings. The topological polar surface area (TPSA) is 106 Å². The number of piperazine rings is 1. The molecule has 1 amide bonds. The highest BCUT2D eigenvalue weighted by Gasteiger charge is 2.25. The van der Waals surface area contributed by atoms with Crippen molar-refractivity contribution in [3.05, 3.63) is 48.0 Å². The van der Waals surface area contributed by atoms with E-state index >= 15 is 0 Å². The Kier molecular flexibility index (Phi) is 7.24. The largest absolute Gasteiger partial charge is 0.461 e. The molecule has 4 aromatic rings. The van der Waals surface area contributed by atoms with Gasteiger partial charge in [-0.05, 0) is 57.4 Å². The standard InChI is InChI=1S/C29H34FN7O3/c1-17-13-37(14-18(2)32-17)25-8-7-22(28(38)33-20-10-19-15-36(3)35-26(19)24(30)11-20)27-23(25)12-31-29(34-27)40-16-21-6-4-5-9-39-21/h7-8,10-12,15,17-18,21,32H,4-6,9,13-14,16H2,1-3H3,(H,33,38)/t17-,18+,21?. The van der Waals surface area contributed by atoms with Crippen LogP contribution in [0.2, 0.25) is 0 Å². The number of hydrogen-bond acceptors (Lipinski definition) is 8. The van der Waals surface area contributed by atoms with Crippen molar-refractivity contribution in [3.8, 4) is 6.01 Å². The van der Waals surface area contributed by atoms with Crippen molar-refractivity contribution in [2.75, 3.05) is 36.5 Å². The summed E-state index contributed by atoms with van der Waals surface area (Å²) in [6, 6.07) is 7.49. The fourth-order valence-corrected chi connectivity index (χ4v) is 5.73. The quantitative estimate of drug-likeness (QED) is 0.373. The minimum atomic E-state index is -0.501. The summed E-state index contributed by atoms with van der Waals surface area (Å²) in [4.78, 5) is 25.1. The van der Waals surface area contributed by atoms with Crippen molar-refractivity contribution in [3.63, 3.8) is 0 Å². The molecule has 10 nitrogen and oxygen atoms in total. The lowest BCUT2D eigenvalue weighted by atomic mass is 10.0. The average molecular weight is 548 g/mol. The third kappa shape index (κ3) is 5.44. The first-order chi connectivity index (χ1) is 19.3. The highest BCUT2D eigenvalue weighted by Crippen LogP contribution is 2.31. The Balaban J connectivity index is 1.34. The van der Waals surface area contributed by atoms with Crippen LogP contribution < -0.4 is 20.3 Å². The summed E-state index contributed by atoms with van der Waals surface area (Å²) in [6.45, 7) is 7.01. The predicted octanol–water partition coefficient (Wildman–Crippen LogP) is 4.04. The molecular weight excluding hydrogens is 513 g/mol. The van der Waals surface area contributed by atoms with E-state index in [1.807, 2.05) is 6.07 Å². The number of aromatic nitrogens is 4. The van der Waals surface area contributed by atoms with Crippen molar-refractivity contribution in [2.24, 2.45) is 7.05 Å². The molecule has 4 heterocycles. The molecule has 2 aliphatic heterocycles. The molecular formula is C29H34FN7O3.